The number of sulfone groups is 1. The summed E-state index contributed by atoms with van der Waals surface area (Å²) < 4.78 is 30.9. The third-order valence-electron chi connectivity index (χ3n) is 4.87. The van der Waals surface area contributed by atoms with Gasteiger partial charge in [0.2, 0.25) is 15.7 Å². The van der Waals surface area contributed by atoms with Gasteiger partial charge in [0.15, 0.2) is 0 Å². The highest BCUT2D eigenvalue weighted by Gasteiger charge is 2.17. The van der Waals surface area contributed by atoms with Crippen molar-refractivity contribution in [2.75, 3.05) is 6.61 Å². The molecule has 0 bridgehead atoms. The van der Waals surface area contributed by atoms with E-state index in [1.807, 2.05) is 0 Å². The maximum Gasteiger partial charge on any atom is 0.217 e. The smallest absolute Gasteiger partial charge is 0.217 e. The second-order valence-corrected chi connectivity index (χ2v) is 9.31. The first-order valence-electron chi connectivity index (χ1n) is 10.4. The molecular formula is C23H31NO5S. The van der Waals surface area contributed by atoms with Gasteiger partial charge in [-0.3, -0.25) is 4.79 Å². The Kier molecular flexibility index (Phi) is 9.67. The summed E-state index contributed by atoms with van der Waals surface area (Å²) in [7, 11) is -3.61. The largest absolute Gasteiger partial charge is 0.508 e. The van der Waals surface area contributed by atoms with E-state index in [0.29, 0.717) is 18.8 Å². The van der Waals surface area contributed by atoms with E-state index in [1.54, 1.807) is 12.1 Å². The lowest BCUT2D eigenvalue weighted by molar-refractivity contribution is -0.118. The molecule has 0 aliphatic rings. The first-order valence-corrected chi connectivity index (χ1v) is 11.9. The molecule has 0 unspecified atom stereocenters. The number of carbonyl (C=O) groups is 1. The molecule has 2 aromatic rings. The minimum absolute atomic E-state index is 0.0258. The van der Waals surface area contributed by atoms with Crippen LogP contribution in [0.3, 0.4) is 0 Å². The van der Waals surface area contributed by atoms with Gasteiger partial charge in [-0.1, -0.05) is 38.5 Å². The first kappa shape index (κ1) is 23.7. The zero-order chi connectivity index (χ0) is 21.8. The van der Waals surface area contributed by atoms with Crippen LogP contribution in [0.25, 0.3) is 0 Å². The van der Waals surface area contributed by atoms with E-state index in [4.69, 9.17) is 10.5 Å². The molecule has 0 spiro atoms. The summed E-state index contributed by atoms with van der Waals surface area (Å²) in [5.41, 5.74) is 5.11. The Morgan fingerprint density at radius 2 is 1.23 bits per heavy atom. The fraction of sp³-hybridized carbons (Fsp3) is 0.435. The lowest BCUT2D eigenvalue weighted by Crippen LogP contribution is -2.09. The van der Waals surface area contributed by atoms with E-state index < -0.39 is 9.84 Å². The van der Waals surface area contributed by atoms with Gasteiger partial charge in [0.25, 0.3) is 0 Å². The van der Waals surface area contributed by atoms with Crippen molar-refractivity contribution in [3.63, 3.8) is 0 Å². The lowest BCUT2D eigenvalue weighted by atomic mass is 10.1. The first-order chi connectivity index (χ1) is 14.4. The fourth-order valence-corrected chi connectivity index (χ4v) is 4.39. The predicted molar refractivity (Wildman–Crippen MR) is 116 cm³/mol. The van der Waals surface area contributed by atoms with Crippen molar-refractivity contribution in [1.82, 2.24) is 0 Å². The Hall–Kier alpha value is -2.54. The number of nitrogens with two attached hydrogens (primary N) is 1. The van der Waals surface area contributed by atoms with Crippen molar-refractivity contribution >= 4 is 15.7 Å². The molecule has 0 fully saturated rings. The van der Waals surface area contributed by atoms with Crippen LogP contribution in [0.1, 0.15) is 57.8 Å². The van der Waals surface area contributed by atoms with E-state index in [1.165, 1.54) is 49.2 Å². The molecule has 3 N–H and O–H groups in total. The van der Waals surface area contributed by atoms with Gasteiger partial charge in [0.1, 0.15) is 11.5 Å². The van der Waals surface area contributed by atoms with Crippen LogP contribution in [-0.2, 0) is 14.6 Å². The van der Waals surface area contributed by atoms with Crippen molar-refractivity contribution in [3.8, 4) is 11.5 Å². The zero-order valence-electron chi connectivity index (χ0n) is 17.3. The molecule has 0 aliphatic carbocycles. The average Bonchev–Trinajstić information content (AvgIpc) is 2.72. The van der Waals surface area contributed by atoms with Gasteiger partial charge in [-0.05, 0) is 61.4 Å². The van der Waals surface area contributed by atoms with E-state index in [-0.39, 0.29) is 21.4 Å². The number of benzene rings is 2. The van der Waals surface area contributed by atoms with Gasteiger partial charge >= 0.3 is 0 Å². The molecule has 7 heteroatoms. The number of amides is 1. The molecule has 30 heavy (non-hydrogen) atoms. The van der Waals surface area contributed by atoms with Crippen molar-refractivity contribution < 1.29 is 23.1 Å². The van der Waals surface area contributed by atoms with Crippen LogP contribution in [0.5, 0.6) is 11.5 Å². The Balaban J connectivity index is 1.63. The van der Waals surface area contributed by atoms with E-state index in [2.05, 4.69) is 0 Å². The molecule has 0 saturated heterocycles. The SMILES string of the molecule is NC(=O)CCCCCCCCCCOc1ccc(S(=O)(=O)c2ccc(O)cc2)cc1. The maximum absolute atomic E-state index is 12.6. The number of phenols is 1. The predicted octanol–water partition coefficient (Wildman–Crippen LogP) is 4.60. The quantitative estimate of drug-likeness (QED) is 0.423. The summed E-state index contributed by atoms with van der Waals surface area (Å²) in [5.74, 6) is 0.454. The molecule has 1 amide bonds. The summed E-state index contributed by atoms with van der Waals surface area (Å²) in [6.45, 7) is 0.600. The van der Waals surface area contributed by atoms with Crippen LogP contribution in [0.15, 0.2) is 58.3 Å². The number of hydrogen-bond donors (Lipinski definition) is 2. The van der Waals surface area contributed by atoms with E-state index in [0.717, 1.165) is 38.5 Å². The summed E-state index contributed by atoms with van der Waals surface area (Å²) in [6.07, 6.45) is 9.14. The monoisotopic (exact) mass is 433 g/mol. The van der Waals surface area contributed by atoms with Crippen molar-refractivity contribution in [3.05, 3.63) is 48.5 Å². The van der Waals surface area contributed by atoms with Crippen molar-refractivity contribution in [1.29, 1.82) is 0 Å². The Morgan fingerprint density at radius 3 is 1.77 bits per heavy atom. The second kappa shape index (κ2) is 12.2. The molecule has 0 saturated carbocycles. The fourth-order valence-electron chi connectivity index (χ4n) is 3.13. The van der Waals surface area contributed by atoms with E-state index >= 15 is 0 Å². The molecular weight excluding hydrogens is 402 g/mol. The molecule has 6 nitrogen and oxygen atoms in total. The number of rotatable bonds is 14. The van der Waals surface area contributed by atoms with Crippen LogP contribution >= 0.6 is 0 Å². The third-order valence-corrected chi connectivity index (χ3v) is 6.65. The third kappa shape index (κ3) is 8.06. The minimum Gasteiger partial charge on any atom is -0.508 e. The van der Waals surface area contributed by atoms with Crippen molar-refractivity contribution in [2.24, 2.45) is 5.73 Å². The topological polar surface area (TPSA) is 107 Å². The number of aromatic hydroxyl groups is 1. The summed E-state index contributed by atoms with van der Waals surface area (Å²) in [6, 6.07) is 11.9. The Labute approximate surface area is 179 Å². The molecule has 0 heterocycles. The van der Waals surface area contributed by atoms with Crippen LogP contribution in [0.4, 0.5) is 0 Å². The summed E-state index contributed by atoms with van der Waals surface area (Å²) >= 11 is 0. The van der Waals surface area contributed by atoms with Gasteiger partial charge in [0.05, 0.1) is 16.4 Å². The van der Waals surface area contributed by atoms with E-state index in [9.17, 15) is 18.3 Å². The molecule has 0 aliphatic heterocycles. The molecule has 164 valence electrons. The van der Waals surface area contributed by atoms with Crippen LogP contribution in [0.2, 0.25) is 0 Å². The van der Waals surface area contributed by atoms with Gasteiger partial charge < -0.3 is 15.6 Å². The van der Waals surface area contributed by atoms with Gasteiger partial charge in [-0.25, -0.2) is 8.42 Å². The Morgan fingerprint density at radius 1 is 0.767 bits per heavy atom. The van der Waals surface area contributed by atoms with Gasteiger partial charge in [-0.2, -0.15) is 0 Å². The highest BCUT2D eigenvalue weighted by molar-refractivity contribution is 7.91. The Bertz CT molecular complexity index is 877. The molecule has 2 rings (SSSR count). The minimum atomic E-state index is -3.61. The number of unbranched alkanes of at least 4 members (excludes halogenated alkanes) is 7. The molecule has 0 aromatic heterocycles. The maximum atomic E-state index is 12.6. The number of hydrogen-bond acceptors (Lipinski definition) is 5. The van der Waals surface area contributed by atoms with Crippen molar-refractivity contribution in [2.45, 2.75) is 67.6 Å². The highest BCUT2D eigenvalue weighted by Crippen LogP contribution is 2.24. The number of carbonyl (C=O) groups excluding carboxylic acids is 1. The van der Waals surface area contributed by atoms with Gasteiger partial charge in [-0.15, -0.1) is 0 Å². The molecule has 0 radical (unpaired) electrons. The highest BCUT2D eigenvalue weighted by atomic mass is 32.2. The standard InChI is InChI=1S/C23H31NO5S/c24-23(26)9-7-5-3-1-2-4-6-8-18-29-20-12-16-22(17-13-20)30(27,28)21-14-10-19(25)11-15-21/h10-17,25H,1-9,18H2,(H2,24,26). The van der Waals surface area contributed by atoms with Gasteiger partial charge in [0, 0.05) is 6.42 Å². The summed E-state index contributed by atoms with van der Waals surface area (Å²) in [4.78, 5) is 11.0. The number of primary amides is 1. The second-order valence-electron chi connectivity index (χ2n) is 7.36. The molecule has 2 aromatic carbocycles. The summed E-state index contributed by atoms with van der Waals surface area (Å²) in [5, 5.41) is 9.31. The van der Waals surface area contributed by atoms with Crippen LogP contribution < -0.4 is 10.5 Å². The zero-order valence-corrected chi connectivity index (χ0v) is 18.1. The lowest BCUT2D eigenvalue weighted by Gasteiger charge is -2.08. The molecule has 0 atom stereocenters. The van der Waals surface area contributed by atoms with Crippen LogP contribution in [0, 0.1) is 0 Å². The number of ether oxygens (including phenoxy) is 1. The normalized spacial score (nSPS) is 11.3. The average molecular weight is 434 g/mol. The number of phenolic OH excluding ortho intramolecular Hbond substituents is 1. The van der Waals surface area contributed by atoms with Crippen LogP contribution in [-0.4, -0.2) is 26.0 Å².